The van der Waals surface area contributed by atoms with E-state index in [-0.39, 0.29) is 32.7 Å². The minimum atomic E-state index is 0. The Hall–Kier alpha value is -1.14. The number of nitrogens with one attached hydrogen (secondary N) is 2. The van der Waals surface area contributed by atoms with Gasteiger partial charge in [0.15, 0.2) is 0 Å². The molecule has 2 heterocycles. The van der Waals surface area contributed by atoms with E-state index < -0.39 is 0 Å². The first-order valence-corrected chi connectivity index (χ1v) is 4.32. The summed E-state index contributed by atoms with van der Waals surface area (Å²) < 4.78 is 0. The SMILES string of the molecule is CN=c1nc(Nc2cnccn2)[c-]c[nH]1.[Y]. The normalized spacial score (nSPS) is 10.7. The number of aromatic nitrogens is 4. The Kier molecular flexibility index (Phi) is 5.21. The number of aromatic amines is 1. The number of nitrogens with zero attached hydrogens (tertiary/aromatic N) is 4. The molecule has 0 saturated carbocycles. The van der Waals surface area contributed by atoms with E-state index in [9.17, 15) is 0 Å². The summed E-state index contributed by atoms with van der Waals surface area (Å²) in [4.78, 5) is 18.9. The van der Waals surface area contributed by atoms with Crippen LogP contribution in [0, 0.1) is 6.07 Å². The van der Waals surface area contributed by atoms with Gasteiger partial charge in [0.2, 0.25) is 5.62 Å². The molecule has 0 fully saturated rings. The van der Waals surface area contributed by atoms with Crippen LogP contribution in [0.3, 0.4) is 0 Å². The summed E-state index contributed by atoms with van der Waals surface area (Å²) in [6, 6.07) is 2.89. The van der Waals surface area contributed by atoms with Gasteiger partial charge in [0.05, 0.1) is 6.20 Å². The van der Waals surface area contributed by atoms with Crippen LogP contribution < -0.4 is 10.9 Å². The van der Waals surface area contributed by atoms with Gasteiger partial charge in [-0.05, 0) is 5.82 Å². The monoisotopic (exact) mass is 290 g/mol. The van der Waals surface area contributed by atoms with E-state index in [4.69, 9.17) is 0 Å². The summed E-state index contributed by atoms with van der Waals surface area (Å²) >= 11 is 0. The van der Waals surface area contributed by atoms with Crippen molar-refractivity contribution in [2.24, 2.45) is 4.99 Å². The molecule has 1 radical (unpaired) electrons. The van der Waals surface area contributed by atoms with E-state index in [2.05, 4.69) is 36.3 Å². The van der Waals surface area contributed by atoms with E-state index in [1.807, 2.05) is 0 Å². The molecule has 0 atom stereocenters. The van der Waals surface area contributed by atoms with Crippen LogP contribution in [0.1, 0.15) is 0 Å². The Labute approximate surface area is 118 Å². The molecule has 79 valence electrons. The molecule has 0 aromatic carbocycles. The van der Waals surface area contributed by atoms with E-state index in [1.165, 1.54) is 0 Å². The first kappa shape index (κ1) is 12.9. The van der Waals surface area contributed by atoms with Gasteiger partial charge in [-0.2, -0.15) is 6.20 Å². The number of hydrogen-bond acceptors (Lipinski definition) is 5. The Morgan fingerprint density at radius 2 is 2.31 bits per heavy atom. The van der Waals surface area contributed by atoms with Crippen molar-refractivity contribution < 1.29 is 32.7 Å². The summed E-state index contributed by atoms with van der Waals surface area (Å²) in [6.07, 6.45) is 6.44. The maximum Gasteiger partial charge on any atom is 0.218 e. The third-order valence-corrected chi connectivity index (χ3v) is 1.65. The van der Waals surface area contributed by atoms with Crippen molar-refractivity contribution in [1.29, 1.82) is 0 Å². The fourth-order valence-electron chi connectivity index (χ4n) is 1.00. The first-order valence-electron chi connectivity index (χ1n) is 4.32. The van der Waals surface area contributed by atoms with Crippen LogP contribution >= 0.6 is 0 Å². The quantitative estimate of drug-likeness (QED) is 0.778. The second-order valence-electron chi connectivity index (χ2n) is 2.66. The minimum absolute atomic E-state index is 0. The largest absolute Gasteiger partial charge is 0.410 e. The second-order valence-corrected chi connectivity index (χ2v) is 2.66. The molecule has 6 nitrogen and oxygen atoms in total. The van der Waals surface area contributed by atoms with Gasteiger partial charge in [0.25, 0.3) is 0 Å². The summed E-state index contributed by atoms with van der Waals surface area (Å²) in [5.41, 5.74) is 0.528. The van der Waals surface area contributed by atoms with Crippen molar-refractivity contribution in [3.8, 4) is 0 Å². The number of hydrogen-bond donors (Lipinski definition) is 2. The van der Waals surface area contributed by atoms with E-state index in [1.54, 1.807) is 31.8 Å². The summed E-state index contributed by atoms with van der Waals surface area (Å²) in [5, 5.41) is 2.96. The fourth-order valence-corrected chi connectivity index (χ4v) is 1.00. The molecular weight excluding hydrogens is 281 g/mol. The molecule has 16 heavy (non-hydrogen) atoms. The first-order chi connectivity index (χ1) is 7.38. The predicted octanol–water partition coefficient (Wildman–Crippen LogP) is 0.271. The molecule has 2 aromatic heterocycles. The molecule has 2 aromatic rings. The zero-order valence-corrected chi connectivity index (χ0v) is 11.5. The van der Waals surface area contributed by atoms with Crippen LogP contribution in [0.5, 0.6) is 0 Å². The summed E-state index contributed by atoms with van der Waals surface area (Å²) in [5.74, 6) is 1.17. The van der Waals surface area contributed by atoms with Crippen molar-refractivity contribution in [2.75, 3.05) is 12.4 Å². The molecule has 0 unspecified atom stereocenters. The summed E-state index contributed by atoms with van der Waals surface area (Å²) in [7, 11) is 1.66. The van der Waals surface area contributed by atoms with Gasteiger partial charge in [-0.15, -0.1) is 0 Å². The molecule has 0 saturated heterocycles. The average molecular weight is 290 g/mol. The third kappa shape index (κ3) is 3.46. The van der Waals surface area contributed by atoms with Gasteiger partial charge < -0.3 is 16.4 Å². The van der Waals surface area contributed by atoms with Gasteiger partial charge in [-0.25, -0.2) is 9.97 Å². The molecule has 0 amide bonds. The molecule has 0 aliphatic rings. The minimum Gasteiger partial charge on any atom is -0.410 e. The smallest absolute Gasteiger partial charge is 0.218 e. The molecule has 7 heteroatoms. The second kappa shape index (κ2) is 6.45. The molecule has 0 bridgehead atoms. The van der Waals surface area contributed by atoms with Crippen molar-refractivity contribution in [3.05, 3.63) is 36.5 Å². The van der Waals surface area contributed by atoms with Crippen LogP contribution in [-0.2, 0) is 32.7 Å². The molecule has 0 spiro atoms. The Morgan fingerprint density at radius 1 is 1.44 bits per heavy atom. The van der Waals surface area contributed by atoms with Crippen LogP contribution in [0.2, 0.25) is 0 Å². The van der Waals surface area contributed by atoms with Crippen molar-refractivity contribution in [1.82, 2.24) is 19.9 Å². The van der Waals surface area contributed by atoms with Crippen molar-refractivity contribution >= 4 is 11.6 Å². The van der Waals surface area contributed by atoms with Crippen molar-refractivity contribution in [3.63, 3.8) is 0 Å². The predicted molar refractivity (Wildman–Crippen MR) is 54.2 cm³/mol. The standard InChI is InChI=1S/C9H9N6.Y/c1-10-9-13-3-2-7(15-9)14-8-6-11-4-5-12-8;/h3-6H,1H3,(H2,10,12,13,14,15);/q-1;. The van der Waals surface area contributed by atoms with E-state index in [0.29, 0.717) is 17.3 Å². The topological polar surface area (TPSA) is 78.8 Å². The molecule has 0 aliphatic heterocycles. The van der Waals surface area contributed by atoms with Gasteiger partial charge in [-0.1, -0.05) is 0 Å². The third-order valence-electron chi connectivity index (χ3n) is 1.65. The van der Waals surface area contributed by atoms with Crippen LogP contribution in [-0.4, -0.2) is 27.0 Å². The summed E-state index contributed by atoms with van der Waals surface area (Å²) in [6.45, 7) is 0. The Balaban J connectivity index is 0.00000128. The van der Waals surface area contributed by atoms with Crippen molar-refractivity contribution in [2.45, 2.75) is 0 Å². The maximum atomic E-state index is 4.13. The molecule has 2 rings (SSSR count). The number of anilines is 2. The zero-order chi connectivity index (χ0) is 10.5. The average Bonchev–Trinajstić information content (AvgIpc) is 2.31. The Bertz CT molecular complexity index is 495. The molecular formula is C9H9N6Y-. The maximum absolute atomic E-state index is 4.13. The fraction of sp³-hybridized carbons (Fsp3) is 0.111. The van der Waals surface area contributed by atoms with Gasteiger partial charge in [-0.3, -0.25) is 9.98 Å². The zero-order valence-electron chi connectivity index (χ0n) is 8.68. The van der Waals surface area contributed by atoms with E-state index >= 15 is 0 Å². The number of H-pyrrole nitrogens is 1. The Morgan fingerprint density at radius 3 is 3.00 bits per heavy atom. The van der Waals surface area contributed by atoms with E-state index in [0.717, 1.165) is 0 Å². The van der Waals surface area contributed by atoms with Gasteiger partial charge in [0.1, 0.15) is 5.82 Å². The van der Waals surface area contributed by atoms with Gasteiger partial charge >= 0.3 is 0 Å². The molecule has 0 aliphatic carbocycles. The number of rotatable bonds is 2. The van der Waals surface area contributed by atoms with Crippen LogP contribution in [0.15, 0.2) is 29.8 Å². The van der Waals surface area contributed by atoms with Crippen LogP contribution in [0.4, 0.5) is 11.6 Å². The molecule has 2 N–H and O–H groups in total. The van der Waals surface area contributed by atoms with Gasteiger partial charge in [0, 0.05) is 52.2 Å². The van der Waals surface area contributed by atoms with Crippen LogP contribution in [0.25, 0.3) is 0 Å².